The Bertz CT molecular complexity index is 866. The summed E-state index contributed by atoms with van der Waals surface area (Å²) in [6.45, 7) is 3.55. The fourth-order valence-electron chi connectivity index (χ4n) is 2.21. The van der Waals surface area contributed by atoms with E-state index in [4.69, 9.17) is 16.9 Å². The van der Waals surface area contributed by atoms with Gasteiger partial charge in [0, 0.05) is 18.6 Å². The Balaban J connectivity index is 2.17. The van der Waals surface area contributed by atoms with Crippen LogP contribution in [0, 0.1) is 25.2 Å². The van der Waals surface area contributed by atoms with Crippen LogP contribution < -0.4 is 5.56 Å². The van der Waals surface area contributed by atoms with Gasteiger partial charge in [0.05, 0.1) is 5.69 Å². The van der Waals surface area contributed by atoms with Crippen molar-refractivity contribution >= 4 is 17.5 Å². The minimum absolute atomic E-state index is 0.0238. The first-order valence-corrected chi connectivity index (χ1v) is 7.68. The number of halogens is 1. The van der Waals surface area contributed by atoms with Crippen molar-refractivity contribution in [1.82, 2.24) is 14.7 Å². The first-order valence-electron chi connectivity index (χ1n) is 7.30. The number of hydrogen-bond acceptors (Lipinski definition) is 4. The first-order chi connectivity index (χ1) is 11.3. The van der Waals surface area contributed by atoms with Gasteiger partial charge in [0.25, 0.3) is 5.56 Å². The van der Waals surface area contributed by atoms with Gasteiger partial charge in [0.1, 0.15) is 18.2 Å². The normalized spacial score (nSPS) is 10.3. The van der Waals surface area contributed by atoms with Crippen LogP contribution in [0.5, 0.6) is 0 Å². The Labute approximate surface area is 144 Å². The molecule has 24 heavy (non-hydrogen) atoms. The summed E-state index contributed by atoms with van der Waals surface area (Å²) in [7, 11) is 1.65. The molecule has 0 aliphatic rings. The maximum atomic E-state index is 12.3. The molecule has 6 nitrogen and oxygen atoms in total. The number of benzene rings is 1. The SMILES string of the molecule is Cc1nn(CC(=O)N(C)Cc2ccc(Cl)cc2)c(=O)c(C#N)c1C. The third-order valence-corrected chi connectivity index (χ3v) is 4.04. The quantitative estimate of drug-likeness (QED) is 0.850. The minimum Gasteiger partial charge on any atom is -0.340 e. The second kappa shape index (κ2) is 7.28. The highest BCUT2D eigenvalue weighted by Crippen LogP contribution is 2.11. The second-order valence-corrected chi connectivity index (χ2v) is 5.97. The Morgan fingerprint density at radius 1 is 1.33 bits per heavy atom. The van der Waals surface area contributed by atoms with Crippen LogP contribution in [-0.4, -0.2) is 27.6 Å². The van der Waals surface area contributed by atoms with E-state index in [1.54, 1.807) is 33.0 Å². The summed E-state index contributed by atoms with van der Waals surface area (Å²) >= 11 is 5.84. The minimum atomic E-state index is -0.547. The van der Waals surface area contributed by atoms with E-state index in [-0.39, 0.29) is 18.0 Å². The summed E-state index contributed by atoms with van der Waals surface area (Å²) in [5.74, 6) is -0.272. The predicted octanol–water partition coefficient (Wildman–Crippen LogP) is 2.04. The number of aromatic nitrogens is 2. The summed E-state index contributed by atoms with van der Waals surface area (Å²) in [6.07, 6.45) is 0. The number of rotatable bonds is 4. The van der Waals surface area contributed by atoms with Crippen LogP contribution in [0.2, 0.25) is 5.02 Å². The number of nitriles is 1. The fourth-order valence-corrected chi connectivity index (χ4v) is 2.34. The predicted molar refractivity (Wildman–Crippen MR) is 90.6 cm³/mol. The van der Waals surface area contributed by atoms with E-state index in [0.29, 0.717) is 22.8 Å². The van der Waals surface area contributed by atoms with Gasteiger partial charge in [-0.1, -0.05) is 23.7 Å². The van der Waals surface area contributed by atoms with Gasteiger partial charge < -0.3 is 4.90 Å². The molecule has 0 aliphatic heterocycles. The molecule has 0 unspecified atom stereocenters. The van der Waals surface area contributed by atoms with Crippen molar-refractivity contribution in [3.8, 4) is 6.07 Å². The Morgan fingerprint density at radius 3 is 2.54 bits per heavy atom. The average molecular weight is 345 g/mol. The van der Waals surface area contributed by atoms with Crippen molar-refractivity contribution in [1.29, 1.82) is 5.26 Å². The van der Waals surface area contributed by atoms with Crippen LogP contribution in [-0.2, 0) is 17.9 Å². The highest BCUT2D eigenvalue weighted by Gasteiger charge is 2.16. The molecular formula is C17H17ClN4O2. The van der Waals surface area contributed by atoms with Gasteiger partial charge in [0.15, 0.2) is 0 Å². The maximum Gasteiger partial charge on any atom is 0.285 e. The lowest BCUT2D eigenvalue weighted by atomic mass is 10.1. The number of carbonyl (C=O) groups is 1. The molecule has 1 heterocycles. The zero-order valence-corrected chi connectivity index (χ0v) is 14.5. The fraction of sp³-hybridized carbons (Fsp3) is 0.294. The monoisotopic (exact) mass is 344 g/mol. The van der Waals surface area contributed by atoms with Crippen molar-refractivity contribution in [2.75, 3.05) is 7.05 Å². The van der Waals surface area contributed by atoms with E-state index >= 15 is 0 Å². The number of aryl methyl sites for hydroxylation is 1. The van der Waals surface area contributed by atoms with Crippen molar-refractivity contribution in [2.45, 2.75) is 26.9 Å². The van der Waals surface area contributed by atoms with Crippen LogP contribution in [0.25, 0.3) is 0 Å². The van der Waals surface area contributed by atoms with Gasteiger partial charge in [-0.3, -0.25) is 9.59 Å². The standard InChI is InChI=1S/C17H17ClN4O2/c1-11-12(2)20-22(17(24)15(11)8-19)10-16(23)21(3)9-13-4-6-14(18)7-5-13/h4-7H,9-10H2,1-3H3. The number of likely N-dealkylation sites (N-methyl/N-ethyl adjacent to an activating group) is 1. The largest absolute Gasteiger partial charge is 0.340 e. The van der Waals surface area contributed by atoms with Crippen molar-refractivity contribution in [3.63, 3.8) is 0 Å². The van der Waals surface area contributed by atoms with Crippen LogP contribution in [0.3, 0.4) is 0 Å². The summed E-state index contributed by atoms with van der Waals surface area (Å²) in [5, 5.41) is 13.8. The molecule has 124 valence electrons. The van der Waals surface area contributed by atoms with E-state index < -0.39 is 5.56 Å². The Morgan fingerprint density at radius 2 is 1.96 bits per heavy atom. The van der Waals surface area contributed by atoms with Crippen molar-refractivity contribution < 1.29 is 4.79 Å². The smallest absolute Gasteiger partial charge is 0.285 e. The second-order valence-electron chi connectivity index (χ2n) is 5.54. The third kappa shape index (κ3) is 3.81. The van der Waals surface area contributed by atoms with Crippen LogP contribution >= 0.6 is 11.6 Å². The van der Waals surface area contributed by atoms with Gasteiger partial charge in [-0.2, -0.15) is 10.4 Å². The number of nitrogens with zero attached hydrogens (tertiary/aromatic N) is 4. The molecule has 0 radical (unpaired) electrons. The van der Waals surface area contributed by atoms with E-state index in [2.05, 4.69) is 5.10 Å². The van der Waals surface area contributed by atoms with Gasteiger partial charge in [-0.15, -0.1) is 0 Å². The van der Waals surface area contributed by atoms with Crippen molar-refractivity contribution in [2.24, 2.45) is 0 Å². The summed E-state index contributed by atoms with van der Waals surface area (Å²) in [6, 6.07) is 9.06. The highest BCUT2D eigenvalue weighted by molar-refractivity contribution is 6.30. The van der Waals surface area contributed by atoms with Crippen LogP contribution in [0.15, 0.2) is 29.1 Å². The van der Waals surface area contributed by atoms with E-state index in [9.17, 15) is 9.59 Å². The van der Waals surface area contributed by atoms with Crippen LogP contribution in [0.1, 0.15) is 22.4 Å². The Kier molecular flexibility index (Phi) is 5.37. The summed E-state index contributed by atoms with van der Waals surface area (Å²) < 4.78 is 1.04. The van der Waals surface area contributed by atoms with Gasteiger partial charge >= 0.3 is 0 Å². The zero-order chi connectivity index (χ0) is 17.9. The van der Waals surface area contributed by atoms with Crippen LogP contribution in [0.4, 0.5) is 0 Å². The zero-order valence-electron chi connectivity index (χ0n) is 13.7. The summed E-state index contributed by atoms with van der Waals surface area (Å²) in [4.78, 5) is 26.1. The maximum absolute atomic E-state index is 12.3. The molecule has 1 aromatic carbocycles. The first kappa shape index (κ1) is 17.7. The van der Waals surface area contributed by atoms with Crippen molar-refractivity contribution in [3.05, 3.63) is 62.0 Å². The lowest BCUT2D eigenvalue weighted by molar-refractivity contribution is -0.131. The molecule has 1 aromatic heterocycles. The number of hydrogen-bond donors (Lipinski definition) is 0. The summed E-state index contributed by atoms with van der Waals surface area (Å²) in [5.41, 5.74) is 1.50. The molecule has 0 aliphatic carbocycles. The molecular weight excluding hydrogens is 328 g/mol. The molecule has 0 fully saturated rings. The lowest BCUT2D eigenvalue weighted by Crippen LogP contribution is -2.36. The van der Waals surface area contributed by atoms with Gasteiger partial charge in [0.2, 0.25) is 5.91 Å². The van der Waals surface area contributed by atoms with E-state index in [0.717, 1.165) is 10.2 Å². The number of carbonyl (C=O) groups excluding carboxylic acids is 1. The highest BCUT2D eigenvalue weighted by atomic mass is 35.5. The molecule has 0 bridgehead atoms. The molecule has 0 saturated heterocycles. The van der Waals surface area contributed by atoms with Gasteiger partial charge in [-0.25, -0.2) is 4.68 Å². The van der Waals surface area contributed by atoms with E-state index in [1.165, 1.54) is 4.90 Å². The molecule has 0 saturated carbocycles. The molecule has 2 aromatic rings. The topological polar surface area (TPSA) is 79.0 Å². The molecule has 2 rings (SSSR count). The average Bonchev–Trinajstić information content (AvgIpc) is 2.55. The molecule has 0 spiro atoms. The molecule has 7 heteroatoms. The number of amides is 1. The lowest BCUT2D eigenvalue weighted by Gasteiger charge is -2.18. The van der Waals surface area contributed by atoms with E-state index in [1.807, 2.05) is 18.2 Å². The molecule has 0 atom stereocenters. The Hall–Kier alpha value is -2.65. The molecule has 0 N–H and O–H groups in total. The van der Waals surface area contributed by atoms with Gasteiger partial charge in [-0.05, 0) is 37.1 Å². The third-order valence-electron chi connectivity index (χ3n) is 3.79. The molecule has 1 amide bonds.